The Bertz CT molecular complexity index is 501. The minimum Gasteiger partial charge on any atom is -0.390 e. The van der Waals surface area contributed by atoms with E-state index in [9.17, 15) is 14.7 Å². The van der Waals surface area contributed by atoms with Gasteiger partial charge in [-0.3, -0.25) is 19.4 Å². The average Bonchev–Trinajstić information content (AvgIpc) is 2.70. The monoisotopic (exact) mass is 324 g/mol. The number of aliphatic hydroxyl groups is 1. The first-order valence-corrected chi connectivity index (χ1v) is 8.61. The molecule has 3 aliphatic rings. The Morgan fingerprint density at radius 1 is 1.22 bits per heavy atom. The van der Waals surface area contributed by atoms with Gasteiger partial charge in [0.05, 0.1) is 31.3 Å². The van der Waals surface area contributed by atoms with Gasteiger partial charge in [0.1, 0.15) is 0 Å². The number of carbonyl (C=O) groups excluding carboxylic acids is 2. The zero-order chi connectivity index (χ0) is 16.8. The van der Waals surface area contributed by atoms with Crippen molar-refractivity contribution < 1.29 is 19.4 Å². The molecular formula is C17H28N2O4. The Kier molecular flexibility index (Phi) is 4.27. The minimum atomic E-state index is -0.704. The van der Waals surface area contributed by atoms with Crippen molar-refractivity contribution in [3.8, 4) is 0 Å². The first-order valence-electron chi connectivity index (χ1n) is 8.61. The molecule has 0 radical (unpaired) electrons. The summed E-state index contributed by atoms with van der Waals surface area (Å²) < 4.78 is 5.30. The van der Waals surface area contributed by atoms with Crippen LogP contribution in [0.4, 0.5) is 0 Å². The summed E-state index contributed by atoms with van der Waals surface area (Å²) in [5.74, 6) is -0.320. The molecule has 0 spiro atoms. The standard InChI is InChI=1S/C17H28N2O4/c1-16(2)13-4-5-17(16,3)15(22)19(14(13)21)11-12(20)10-18-6-8-23-9-7-18/h12-13,20H,4-11H2,1-3H3/t12-,13+,17-/m0/s1. The highest BCUT2D eigenvalue weighted by molar-refractivity contribution is 6.03. The number of carbonyl (C=O) groups is 2. The Labute approximate surface area is 137 Å². The third-order valence-corrected chi connectivity index (χ3v) is 6.47. The number of hydrogen-bond donors (Lipinski definition) is 1. The van der Waals surface area contributed by atoms with Gasteiger partial charge in [-0.05, 0) is 18.3 Å². The van der Waals surface area contributed by atoms with Gasteiger partial charge >= 0.3 is 0 Å². The van der Waals surface area contributed by atoms with E-state index < -0.39 is 11.5 Å². The van der Waals surface area contributed by atoms with Crippen LogP contribution in [-0.4, -0.2) is 72.2 Å². The fourth-order valence-electron chi connectivity index (χ4n) is 4.42. The van der Waals surface area contributed by atoms with Crippen LogP contribution in [0, 0.1) is 16.7 Å². The summed E-state index contributed by atoms with van der Waals surface area (Å²) in [6.07, 6.45) is 0.820. The van der Waals surface area contributed by atoms with E-state index in [1.165, 1.54) is 4.90 Å². The van der Waals surface area contributed by atoms with Gasteiger partial charge in [-0.25, -0.2) is 0 Å². The van der Waals surface area contributed by atoms with E-state index in [-0.39, 0.29) is 29.7 Å². The molecule has 2 heterocycles. The summed E-state index contributed by atoms with van der Waals surface area (Å²) >= 11 is 0. The van der Waals surface area contributed by atoms with Gasteiger partial charge in [-0.1, -0.05) is 20.8 Å². The molecule has 3 atom stereocenters. The molecule has 0 aromatic heterocycles. The van der Waals surface area contributed by atoms with Crippen molar-refractivity contribution in [2.45, 2.75) is 39.7 Å². The molecule has 1 N–H and O–H groups in total. The number of nitrogens with zero attached hydrogens (tertiary/aromatic N) is 2. The predicted molar refractivity (Wildman–Crippen MR) is 84.6 cm³/mol. The molecule has 2 bridgehead atoms. The van der Waals surface area contributed by atoms with E-state index in [1.807, 2.05) is 20.8 Å². The van der Waals surface area contributed by atoms with Crippen LogP contribution < -0.4 is 0 Å². The second-order valence-corrected chi connectivity index (χ2v) is 7.97. The highest BCUT2D eigenvalue weighted by Gasteiger charge is 2.64. The number of hydrogen-bond acceptors (Lipinski definition) is 5. The summed E-state index contributed by atoms with van der Waals surface area (Å²) in [5.41, 5.74) is -0.795. The van der Waals surface area contributed by atoms with Crippen molar-refractivity contribution in [1.82, 2.24) is 9.80 Å². The van der Waals surface area contributed by atoms with Crippen LogP contribution in [-0.2, 0) is 14.3 Å². The number of aliphatic hydroxyl groups excluding tert-OH is 1. The van der Waals surface area contributed by atoms with Crippen molar-refractivity contribution in [3.63, 3.8) is 0 Å². The number of morpholine rings is 1. The van der Waals surface area contributed by atoms with Gasteiger partial charge < -0.3 is 9.84 Å². The Balaban J connectivity index is 1.68. The third kappa shape index (κ3) is 2.61. The molecule has 6 nitrogen and oxygen atoms in total. The molecule has 3 fully saturated rings. The summed E-state index contributed by atoms with van der Waals surface area (Å²) in [4.78, 5) is 29.1. The second-order valence-electron chi connectivity index (χ2n) is 7.97. The summed E-state index contributed by atoms with van der Waals surface area (Å²) in [6, 6.07) is 0. The second kappa shape index (κ2) is 5.83. The van der Waals surface area contributed by atoms with E-state index in [0.717, 1.165) is 25.9 Å². The fraction of sp³-hybridized carbons (Fsp3) is 0.882. The molecule has 23 heavy (non-hydrogen) atoms. The van der Waals surface area contributed by atoms with Gasteiger partial charge in [0.2, 0.25) is 11.8 Å². The molecule has 0 unspecified atom stereocenters. The maximum atomic E-state index is 12.9. The summed E-state index contributed by atoms with van der Waals surface area (Å²) in [5, 5.41) is 10.4. The number of likely N-dealkylation sites (tertiary alicyclic amines) is 1. The van der Waals surface area contributed by atoms with Gasteiger partial charge in [-0.15, -0.1) is 0 Å². The maximum absolute atomic E-state index is 12.9. The lowest BCUT2D eigenvalue weighted by molar-refractivity contribution is -0.169. The zero-order valence-electron chi connectivity index (χ0n) is 14.4. The van der Waals surface area contributed by atoms with Crippen molar-refractivity contribution in [1.29, 1.82) is 0 Å². The number of imide groups is 1. The quantitative estimate of drug-likeness (QED) is 0.762. The number of rotatable bonds is 4. The average molecular weight is 324 g/mol. The fourth-order valence-corrected chi connectivity index (χ4v) is 4.42. The van der Waals surface area contributed by atoms with Crippen LogP contribution in [0.1, 0.15) is 33.6 Å². The lowest BCUT2D eigenvalue weighted by Crippen LogP contribution is -2.61. The summed E-state index contributed by atoms with van der Waals surface area (Å²) in [6.45, 7) is 9.53. The summed E-state index contributed by atoms with van der Waals surface area (Å²) in [7, 11) is 0. The first kappa shape index (κ1) is 16.9. The van der Waals surface area contributed by atoms with Crippen molar-refractivity contribution in [2.24, 2.45) is 16.7 Å². The number of ether oxygens (including phenoxy) is 1. The van der Waals surface area contributed by atoms with Crippen LogP contribution in [0.5, 0.6) is 0 Å². The molecule has 0 aromatic carbocycles. The number of fused-ring (bicyclic) bond motifs is 2. The highest BCUT2D eigenvalue weighted by Crippen LogP contribution is 2.59. The van der Waals surface area contributed by atoms with Crippen LogP contribution in [0.25, 0.3) is 0 Å². The maximum Gasteiger partial charge on any atom is 0.235 e. The van der Waals surface area contributed by atoms with Gasteiger partial charge in [-0.2, -0.15) is 0 Å². The number of β-amino-alcohol motifs (C(OH)–C–C–N with tert-alkyl or cyclic N) is 1. The van der Waals surface area contributed by atoms with Crippen LogP contribution in [0.15, 0.2) is 0 Å². The van der Waals surface area contributed by atoms with Gasteiger partial charge in [0.25, 0.3) is 0 Å². The third-order valence-electron chi connectivity index (χ3n) is 6.47. The smallest absolute Gasteiger partial charge is 0.235 e. The normalized spacial score (nSPS) is 35.7. The number of piperidine rings is 1. The lowest BCUT2D eigenvalue weighted by atomic mass is 9.62. The predicted octanol–water partition coefficient (Wildman–Crippen LogP) is 0.491. The highest BCUT2D eigenvalue weighted by atomic mass is 16.5. The molecule has 0 aromatic rings. The van der Waals surface area contributed by atoms with E-state index in [1.54, 1.807) is 0 Å². The zero-order valence-corrected chi connectivity index (χ0v) is 14.4. The van der Waals surface area contributed by atoms with Crippen molar-refractivity contribution in [2.75, 3.05) is 39.4 Å². The molecule has 1 saturated carbocycles. The molecule has 1 aliphatic carbocycles. The first-order chi connectivity index (χ1) is 10.8. The lowest BCUT2D eigenvalue weighted by Gasteiger charge is -2.48. The topological polar surface area (TPSA) is 70.1 Å². The van der Waals surface area contributed by atoms with Gasteiger partial charge in [0.15, 0.2) is 0 Å². The molecule has 2 amide bonds. The minimum absolute atomic E-state index is 0.101. The molecule has 2 saturated heterocycles. The van der Waals surface area contributed by atoms with E-state index >= 15 is 0 Å². The molecular weight excluding hydrogens is 296 g/mol. The van der Waals surface area contributed by atoms with E-state index in [4.69, 9.17) is 4.74 Å². The molecule has 3 rings (SSSR count). The van der Waals surface area contributed by atoms with Crippen LogP contribution in [0.3, 0.4) is 0 Å². The SMILES string of the molecule is CC1(C)[C@@H]2CC[C@@]1(C)C(=O)N(C[C@@H](O)CN1CCOCC1)C2=O. The van der Waals surface area contributed by atoms with Crippen molar-refractivity contribution in [3.05, 3.63) is 0 Å². The van der Waals surface area contributed by atoms with Crippen molar-refractivity contribution >= 4 is 11.8 Å². The van der Waals surface area contributed by atoms with E-state index in [0.29, 0.717) is 19.8 Å². The molecule has 130 valence electrons. The molecule has 6 heteroatoms. The van der Waals surface area contributed by atoms with Crippen LogP contribution >= 0.6 is 0 Å². The Morgan fingerprint density at radius 2 is 1.87 bits per heavy atom. The Morgan fingerprint density at radius 3 is 2.52 bits per heavy atom. The largest absolute Gasteiger partial charge is 0.390 e. The van der Waals surface area contributed by atoms with Crippen LogP contribution in [0.2, 0.25) is 0 Å². The number of amides is 2. The Hall–Kier alpha value is -0.980. The molecule has 2 aliphatic heterocycles. The van der Waals surface area contributed by atoms with E-state index in [2.05, 4.69) is 4.90 Å². The van der Waals surface area contributed by atoms with Gasteiger partial charge in [0, 0.05) is 25.6 Å².